The number of benzene rings is 2. The molecule has 2 aromatic rings. The fraction of sp³-hybridized carbons (Fsp3) is 0.188. The lowest BCUT2D eigenvalue weighted by molar-refractivity contribution is -0.128. The summed E-state index contributed by atoms with van der Waals surface area (Å²) >= 11 is 2.22. The number of carbonyl (C=O) groups excluding carboxylic acids is 1. The third-order valence-electron chi connectivity index (χ3n) is 3.32. The van der Waals surface area contributed by atoms with Crippen molar-refractivity contribution in [3.05, 3.63) is 63.2 Å². The molecule has 0 fully saturated rings. The van der Waals surface area contributed by atoms with Crippen LogP contribution in [0.2, 0.25) is 0 Å². The molecule has 20 heavy (non-hydrogen) atoms. The number of halogens is 1. The third-order valence-corrected chi connectivity index (χ3v) is 3.99. The Hall–Kier alpha value is -1.40. The largest absolute Gasteiger partial charge is 0.363 e. The molecule has 0 radical (unpaired) electrons. The van der Waals surface area contributed by atoms with Crippen molar-refractivity contribution in [2.45, 2.75) is 12.5 Å². The fourth-order valence-corrected chi connectivity index (χ4v) is 2.93. The van der Waals surface area contributed by atoms with Crippen LogP contribution in [-0.2, 0) is 16.0 Å². The predicted molar refractivity (Wildman–Crippen MR) is 86.6 cm³/mol. The molecule has 102 valence electrons. The van der Waals surface area contributed by atoms with Gasteiger partial charge >= 0.3 is 0 Å². The van der Waals surface area contributed by atoms with Crippen LogP contribution in [0, 0.1) is 3.57 Å². The predicted octanol–water partition coefficient (Wildman–Crippen LogP) is 3.54. The van der Waals surface area contributed by atoms with E-state index in [9.17, 15) is 4.79 Å². The zero-order chi connectivity index (χ0) is 13.9. The lowest BCUT2D eigenvalue weighted by atomic mass is 9.97. The molecular formula is C16H14INO2. The number of ether oxygens (including phenoxy) is 1. The Morgan fingerprint density at radius 3 is 2.90 bits per heavy atom. The Kier molecular flexibility index (Phi) is 4.03. The molecule has 3 rings (SSSR count). The van der Waals surface area contributed by atoms with Gasteiger partial charge in [-0.1, -0.05) is 30.3 Å². The molecule has 1 heterocycles. The Labute approximate surface area is 131 Å². The lowest BCUT2D eigenvalue weighted by Gasteiger charge is -2.25. The van der Waals surface area contributed by atoms with Crippen molar-refractivity contribution in [3.63, 3.8) is 0 Å². The van der Waals surface area contributed by atoms with Gasteiger partial charge in [0.15, 0.2) is 6.10 Å². The Morgan fingerprint density at radius 1 is 1.20 bits per heavy atom. The molecule has 0 spiro atoms. The van der Waals surface area contributed by atoms with E-state index in [0.717, 1.165) is 21.2 Å². The van der Waals surface area contributed by atoms with Crippen molar-refractivity contribution in [3.8, 4) is 0 Å². The summed E-state index contributed by atoms with van der Waals surface area (Å²) in [6.45, 7) is 0.585. The van der Waals surface area contributed by atoms with Gasteiger partial charge in [-0.3, -0.25) is 4.79 Å². The summed E-state index contributed by atoms with van der Waals surface area (Å²) in [5.74, 6) is -0.112. The van der Waals surface area contributed by atoms with E-state index in [1.807, 2.05) is 42.5 Å². The summed E-state index contributed by atoms with van der Waals surface area (Å²) < 4.78 is 6.74. The molecule has 1 aliphatic heterocycles. The molecule has 4 heteroatoms. The molecule has 2 aromatic carbocycles. The van der Waals surface area contributed by atoms with Gasteiger partial charge in [-0.15, -0.1) is 0 Å². The summed E-state index contributed by atoms with van der Waals surface area (Å²) in [6, 6.07) is 15.7. The van der Waals surface area contributed by atoms with Gasteiger partial charge < -0.3 is 10.1 Å². The molecule has 1 amide bonds. The number of fused-ring (bicyclic) bond motifs is 1. The smallest absolute Gasteiger partial charge is 0.258 e. The van der Waals surface area contributed by atoms with Crippen molar-refractivity contribution in [2.75, 3.05) is 11.9 Å². The maximum absolute atomic E-state index is 12.4. The quantitative estimate of drug-likeness (QED) is 0.811. The average Bonchev–Trinajstić information content (AvgIpc) is 2.46. The van der Waals surface area contributed by atoms with Gasteiger partial charge in [0.05, 0.1) is 6.61 Å². The standard InChI is InChI=1S/C16H14INO2/c17-12-5-3-6-13(10-12)18-16(19)15-14-7-2-1-4-11(14)8-9-20-15/h1-7,10,15H,8-9H2,(H,18,19). The van der Waals surface area contributed by atoms with E-state index >= 15 is 0 Å². The second kappa shape index (κ2) is 5.93. The van der Waals surface area contributed by atoms with Crippen LogP contribution in [0.3, 0.4) is 0 Å². The Morgan fingerprint density at radius 2 is 2.05 bits per heavy atom. The maximum atomic E-state index is 12.4. The molecule has 0 bridgehead atoms. The van der Waals surface area contributed by atoms with E-state index in [1.165, 1.54) is 5.56 Å². The highest BCUT2D eigenvalue weighted by atomic mass is 127. The van der Waals surface area contributed by atoms with Gasteiger partial charge in [-0.05, 0) is 58.3 Å². The first-order valence-electron chi connectivity index (χ1n) is 6.50. The first-order valence-corrected chi connectivity index (χ1v) is 7.58. The number of carbonyl (C=O) groups is 1. The summed E-state index contributed by atoms with van der Waals surface area (Å²) in [6.07, 6.45) is 0.348. The van der Waals surface area contributed by atoms with Gasteiger partial charge in [-0.25, -0.2) is 0 Å². The van der Waals surface area contributed by atoms with E-state index in [-0.39, 0.29) is 5.91 Å². The Bertz CT molecular complexity index is 642. The summed E-state index contributed by atoms with van der Waals surface area (Å²) in [4.78, 5) is 12.4. The SMILES string of the molecule is O=C(Nc1cccc(I)c1)C1OCCc2ccccc21. The van der Waals surface area contributed by atoms with E-state index in [2.05, 4.69) is 34.0 Å². The zero-order valence-corrected chi connectivity index (χ0v) is 13.0. The number of nitrogens with one attached hydrogen (secondary N) is 1. The second-order valence-electron chi connectivity index (χ2n) is 4.70. The summed E-state index contributed by atoms with van der Waals surface area (Å²) in [5.41, 5.74) is 2.97. The topological polar surface area (TPSA) is 38.3 Å². The van der Waals surface area contributed by atoms with Crippen LogP contribution in [-0.4, -0.2) is 12.5 Å². The van der Waals surface area contributed by atoms with Crippen molar-refractivity contribution in [1.82, 2.24) is 0 Å². The second-order valence-corrected chi connectivity index (χ2v) is 5.94. The van der Waals surface area contributed by atoms with Gasteiger partial charge in [0, 0.05) is 9.26 Å². The first kappa shape index (κ1) is 13.6. The molecule has 0 aliphatic carbocycles. The molecule has 0 saturated carbocycles. The molecule has 1 unspecified atom stereocenters. The van der Waals surface area contributed by atoms with E-state index in [0.29, 0.717) is 6.61 Å². The van der Waals surface area contributed by atoms with Crippen LogP contribution in [0.1, 0.15) is 17.2 Å². The lowest BCUT2D eigenvalue weighted by Crippen LogP contribution is -2.28. The summed E-state index contributed by atoms with van der Waals surface area (Å²) in [7, 11) is 0. The van der Waals surface area contributed by atoms with Gasteiger partial charge in [0.1, 0.15) is 0 Å². The van der Waals surface area contributed by atoms with E-state index in [1.54, 1.807) is 0 Å². The number of anilines is 1. The van der Waals surface area contributed by atoms with Crippen LogP contribution in [0.15, 0.2) is 48.5 Å². The first-order chi connectivity index (χ1) is 9.74. The van der Waals surface area contributed by atoms with Crippen LogP contribution in [0.25, 0.3) is 0 Å². The highest BCUT2D eigenvalue weighted by molar-refractivity contribution is 14.1. The van der Waals surface area contributed by atoms with E-state index in [4.69, 9.17) is 4.74 Å². The molecule has 1 N–H and O–H groups in total. The Balaban J connectivity index is 1.82. The van der Waals surface area contributed by atoms with Crippen LogP contribution in [0.5, 0.6) is 0 Å². The average molecular weight is 379 g/mol. The number of rotatable bonds is 2. The molecular weight excluding hydrogens is 365 g/mol. The number of hydrogen-bond donors (Lipinski definition) is 1. The maximum Gasteiger partial charge on any atom is 0.258 e. The zero-order valence-electron chi connectivity index (χ0n) is 10.8. The van der Waals surface area contributed by atoms with Crippen LogP contribution < -0.4 is 5.32 Å². The van der Waals surface area contributed by atoms with E-state index < -0.39 is 6.10 Å². The minimum absolute atomic E-state index is 0.112. The van der Waals surface area contributed by atoms with Crippen molar-refractivity contribution in [2.24, 2.45) is 0 Å². The monoisotopic (exact) mass is 379 g/mol. The van der Waals surface area contributed by atoms with Crippen LogP contribution in [0.4, 0.5) is 5.69 Å². The fourth-order valence-electron chi connectivity index (χ4n) is 2.39. The van der Waals surface area contributed by atoms with Crippen molar-refractivity contribution in [1.29, 1.82) is 0 Å². The highest BCUT2D eigenvalue weighted by Crippen LogP contribution is 2.28. The van der Waals surface area contributed by atoms with Crippen LogP contribution >= 0.6 is 22.6 Å². The van der Waals surface area contributed by atoms with Crippen molar-refractivity contribution >= 4 is 34.2 Å². The number of amides is 1. The normalized spacial score (nSPS) is 17.4. The number of hydrogen-bond acceptors (Lipinski definition) is 2. The molecule has 0 aromatic heterocycles. The summed E-state index contributed by atoms with van der Waals surface area (Å²) in [5, 5.41) is 2.92. The van der Waals surface area contributed by atoms with Gasteiger partial charge in [-0.2, -0.15) is 0 Å². The van der Waals surface area contributed by atoms with Gasteiger partial charge in [0.2, 0.25) is 0 Å². The minimum Gasteiger partial charge on any atom is -0.363 e. The van der Waals surface area contributed by atoms with Gasteiger partial charge in [0.25, 0.3) is 5.91 Å². The molecule has 0 saturated heterocycles. The highest BCUT2D eigenvalue weighted by Gasteiger charge is 2.27. The third kappa shape index (κ3) is 2.86. The minimum atomic E-state index is -0.516. The molecule has 3 nitrogen and oxygen atoms in total. The molecule has 1 aliphatic rings. The van der Waals surface area contributed by atoms with Crippen molar-refractivity contribution < 1.29 is 9.53 Å². The molecule has 1 atom stereocenters.